The van der Waals surface area contributed by atoms with Gasteiger partial charge in [-0.2, -0.15) is 5.26 Å². The monoisotopic (exact) mass is 673 g/mol. The van der Waals surface area contributed by atoms with Crippen LogP contribution in [0.15, 0.2) is 62.9 Å². The molecule has 9 heteroatoms. The van der Waals surface area contributed by atoms with Crippen molar-refractivity contribution in [2.45, 2.75) is 20.5 Å². The average molecular weight is 674 g/mol. The zero-order valence-electron chi connectivity index (χ0n) is 19.7. The van der Waals surface area contributed by atoms with Crippen LogP contribution in [0.1, 0.15) is 27.8 Å². The van der Waals surface area contributed by atoms with E-state index in [4.69, 9.17) is 9.47 Å². The molecule has 4 rings (SSSR count). The molecular weight excluding hydrogens is 653 g/mol. The van der Waals surface area contributed by atoms with Gasteiger partial charge < -0.3 is 14.8 Å². The van der Waals surface area contributed by atoms with Crippen LogP contribution in [0.2, 0.25) is 0 Å². The Hall–Kier alpha value is -2.81. The summed E-state index contributed by atoms with van der Waals surface area (Å²) in [7, 11) is 1.57. The summed E-state index contributed by atoms with van der Waals surface area (Å²) < 4.78 is 13.5. The number of carbonyl (C=O) groups is 1. The topological polar surface area (TPSA) is 83.7 Å². The van der Waals surface area contributed by atoms with Gasteiger partial charge in [-0.15, -0.1) is 0 Å². The third kappa shape index (κ3) is 5.94. The van der Waals surface area contributed by atoms with Crippen LogP contribution in [0.5, 0.6) is 11.5 Å². The van der Waals surface area contributed by atoms with Crippen molar-refractivity contribution in [2.24, 2.45) is 4.99 Å². The summed E-state index contributed by atoms with van der Waals surface area (Å²) in [5.74, 6) is 0.924. The minimum absolute atomic E-state index is 0.202. The number of thioether (sulfide) groups is 1. The lowest BCUT2D eigenvalue weighted by Crippen LogP contribution is -2.19. The van der Waals surface area contributed by atoms with Crippen LogP contribution >= 0.6 is 50.3 Å². The van der Waals surface area contributed by atoms with Crippen LogP contribution in [0, 0.1) is 28.7 Å². The van der Waals surface area contributed by atoms with Crippen molar-refractivity contribution in [2.75, 3.05) is 7.11 Å². The molecule has 0 aromatic heterocycles. The molecular formula is C27H21BrIN3O3S. The van der Waals surface area contributed by atoms with Crippen molar-refractivity contribution in [1.29, 1.82) is 5.26 Å². The summed E-state index contributed by atoms with van der Waals surface area (Å²) in [5, 5.41) is 12.7. The van der Waals surface area contributed by atoms with Gasteiger partial charge in [0.25, 0.3) is 5.91 Å². The number of nitriles is 1. The molecule has 6 nitrogen and oxygen atoms in total. The van der Waals surface area contributed by atoms with E-state index in [1.54, 1.807) is 19.3 Å². The number of ether oxygens (including phenoxy) is 2. The van der Waals surface area contributed by atoms with Gasteiger partial charge in [0.2, 0.25) is 0 Å². The van der Waals surface area contributed by atoms with E-state index in [-0.39, 0.29) is 12.5 Å². The lowest BCUT2D eigenvalue weighted by molar-refractivity contribution is -0.115. The molecule has 1 saturated heterocycles. The lowest BCUT2D eigenvalue weighted by Gasteiger charge is -2.14. The van der Waals surface area contributed by atoms with E-state index >= 15 is 0 Å². The molecule has 1 fully saturated rings. The fraction of sp³-hybridized carbons (Fsp3) is 0.148. The van der Waals surface area contributed by atoms with Crippen molar-refractivity contribution in [1.82, 2.24) is 5.32 Å². The minimum atomic E-state index is -0.202. The van der Waals surface area contributed by atoms with Gasteiger partial charge in [-0.3, -0.25) is 4.79 Å². The summed E-state index contributed by atoms with van der Waals surface area (Å²) >= 11 is 7.04. The van der Waals surface area contributed by atoms with Crippen molar-refractivity contribution >= 4 is 73.1 Å². The Bertz CT molecular complexity index is 1440. The van der Waals surface area contributed by atoms with Crippen LogP contribution < -0.4 is 14.8 Å². The number of nitrogens with one attached hydrogen (secondary N) is 1. The van der Waals surface area contributed by atoms with Gasteiger partial charge in [-0.25, -0.2) is 4.99 Å². The predicted molar refractivity (Wildman–Crippen MR) is 156 cm³/mol. The first kappa shape index (κ1) is 26.3. The van der Waals surface area contributed by atoms with Crippen molar-refractivity contribution < 1.29 is 14.3 Å². The quantitative estimate of drug-likeness (QED) is 0.225. The molecule has 36 heavy (non-hydrogen) atoms. The standard InChI is InChI=1S/C27H21BrIN3O3S/c1-15-8-20(9-16(2)24(15)28)31-27-32-26(33)23(36-27)12-17-10-21(29)25(22(11-17)34-3)35-14-19-7-5-4-6-18(19)13-30/h4-12H,14H2,1-3H3,(H,31,32,33)/b23-12-. The van der Waals surface area contributed by atoms with E-state index in [0.717, 1.165) is 36.0 Å². The van der Waals surface area contributed by atoms with Crippen LogP contribution in [0.4, 0.5) is 5.69 Å². The Labute approximate surface area is 236 Å². The molecule has 1 aliphatic heterocycles. The lowest BCUT2D eigenvalue weighted by atomic mass is 10.1. The van der Waals surface area contributed by atoms with Gasteiger partial charge in [-0.05, 0) is 101 Å². The van der Waals surface area contributed by atoms with Gasteiger partial charge in [0.1, 0.15) is 6.61 Å². The van der Waals surface area contributed by atoms with E-state index in [1.165, 1.54) is 11.8 Å². The summed E-state index contributed by atoms with van der Waals surface area (Å²) in [6.45, 7) is 4.26. The number of rotatable bonds is 6. The number of nitrogens with zero attached hydrogens (tertiary/aromatic N) is 2. The predicted octanol–water partition coefficient (Wildman–Crippen LogP) is 7.02. The van der Waals surface area contributed by atoms with Crippen LogP contribution in [0.3, 0.4) is 0 Å². The molecule has 0 atom stereocenters. The minimum Gasteiger partial charge on any atom is -0.493 e. The van der Waals surface area contributed by atoms with Gasteiger partial charge in [0, 0.05) is 10.0 Å². The van der Waals surface area contributed by atoms with Gasteiger partial charge in [-0.1, -0.05) is 34.1 Å². The highest BCUT2D eigenvalue weighted by Crippen LogP contribution is 2.37. The van der Waals surface area contributed by atoms with Crippen molar-refractivity contribution in [3.8, 4) is 17.6 Å². The van der Waals surface area contributed by atoms with Crippen LogP contribution in [-0.2, 0) is 11.4 Å². The van der Waals surface area contributed by atoms with Crippen molar-refractivity contribution in [3.05, 3.63) is 89.3 Å². The maximum absolute atomic E-state index is 12.6. The number of amidine groups is 1. The Balaban J connectivity index is 1.56. The Morgan fingerprint density at radius 1 is 1.19 bits per heavy atom. The second-order valence-corrected chi connectivity index (χ2v) is 11.0. The Morgan fingerprint density at radius 2 is 1.92 bits per heavy atom. The van der Waals surface area contributed by atoms with E-state index in [9.17, 15) is 10.1 Å². The molecule has 3 aromatic carbocycles. The Morgan fingerprint density at radius 3 is 2.61 bits per heavy atom. The molecule has 0 bridgehead atoms. The fourth-order valence-electron chi connectivity index (χ4n) is 3.61. The molecule has 1 heterocycles. The largest absolute Gasteiger partial charge is 0.493 e. The SMILES string of the molecule is COc1cc(/C=C2\SC(=Nc3cc(C)c(Br)c(C)c3)NC2=O)cc(I)c1OCc1ccccc1C#N. The van der Waals surface area contributed by atoms with Crippen molar-refractivity contribution in [3.63, 3.8) is 0 Å². The first-order chi connectivity index (χ1) is 17.3. The fourth-order valence-corrected chi connectivity index (χ4v) is 5.46. The number of hydrogen-bond acceptors (Lipinski definition) is 6. The van der Waals surface area contributed by atoms with E-state index < -0.39 is 0 Å². The number of halogens is 2. The number of carbonyl (C=O) groups excluding carboxylic acids is 1. The normalized spacial score (nSPS) is 15.2. The van der Waals surface area contributed by atoms with Crippen LogP contribution in [-0.4, -0.2) is 18.2 Å². The van der Waals surface area contributed by atoms with Gasteiger partial charge in [0.05, 0.1) is 32.9 Å². The average Bonchev–Trinajstić information content (AvgIpc) is 3.19. The molecule has 0 aliphatic carbocycles. The van der Waals surface area contributed by atoms with E-state index in [2.05, 4.69) is 54.9 Å². The summed E-state index contributed by atoms with van der Waals surface area (Å²) in [6.07, 6.45) is 1.81. The van der Waals surface area contributed by atoms with Gasteiger partial charge >= 0.3 is 0 Å². The zero-order chi connectivity index (χ0) is 25.8. The second kappa shape index (κ2) is 11.5. The molecule has 0 spiro atoms. The molecule has 1 amide bonds. The maximum atomic E-state index is 12.6. The number of methoxy groups -OCH3 is 1. The van der Waals surface area contributed by atoms with Crippen LogP contribution in [0.25, 0.3) is 6.08 Å². The molecule has 3 aromatic rings. The highest BCUT2D eigenvalue weighted by molar-refractivity contribution is 14.1. The molecule has 0 saturated carbocycles. The molecule has 0 radical (unpaired) electrons. The van der Waals surface area contributed by atoms with E-state index in [1.807, 2.05) is 56.3 Å². The second-order valence-electron chi connectivity index (χ2n) is 7.97. The summed E-state index contributed by atoms with van der Waals surface area (Å²) in [6, 6.07) is 17.2. The highest BCUT2D eigenvalue weighted by Gasteiger charge is 2.24. The third-order valence-corrected chi connectivity index (χ3v) is 8.32. The zero-order valence-corrected chi connectivity index (χ0v) is 24.2. The number of aliphatic imine (C=N–C) groups is 1. The third-order valence-electron chi connectivity index (χ3n) is 5.36. The highest BCUT2D eigenvalue weighted by atomic mass is 127. The number of benzene rings is 3. The number of aryl methyl sites for hydroxylation is 2. The number of hydrogen-bond donors (Lipinski definition) is 1. The molecule has 0 unspecified atom stereocenters. The Kier molecular flexibility index (Phi) is 8.39. The summed E-state index contributed by atoms with van der Waals surface area (Å²) in [4.78, 5) is 17.8. The maximum Gasteiger partial charge on any atom is 0.264 e. The molecule has 1 aliphatic rings. The van der Waals surface area contributed by atoms with E-state index in [0.29, 0.717) is 27.1 Å². The number of amides is 1. The first-order valence-corrected chi connectivity index (χ1v) is 13.5. The smallest absolute Gasteiger partial charge is 0.264 e. The van der Waals surface area contributed by atoms with Gasteiger partial charge in [0.15, 0.2) is 16.7 Å². The summed E-state index contributed by atoms with van der Waals surface area (Å²) in [5.41, 5.74) is 5.12. The molecule has 182 valence electrons. The first-order valence-electron chi connectivity index (χ1n) is 10.8. The molecule has 1 N–H and O–H groups in total.